The summed E-state index contributed by atoms with van der Waals surface area (Å²) in [5.74, 6) is -1.07. The van der Waals surface area contributed by atoms with Gasteiger partial charge in [0.2, 0.25) is 5.91 Å². The van der Waals surface area contributed by atoms with Gasteiger partial charge >= 0.3 is 5.97 Å². The van der Waals surface area contributed by atoms with E-state index in [4.69, 9.17) is 27.9 Å². The monoisotopic (exact) mass is 398 g/mol. The maximum atomic E-state index is 12.9. The molecule has 0 aliphatic carbocycles. The van der Waals surface area contributed by atoms with Crippen molar-refractivity contribution in [2.45, 2.75) is 32.2 Å². The topological polar surface area (TPSA) is 66.9 Å². The fraction of sp³-hybridized carbons (Fsp3) is 0.500. The van der Waals surface area contributed by atoms with Crippen molar-refractivity contribution in [3.63, 3.8) is 0 Å². The highest BCUT2D eigenvalue weighted by atomic mass is 35.5. The van der Waals surface area contributed by atoms with E-state index in [9.17, 15) is 14.4 Å². The Morgan fingerprint density at radius 3 is 2.73 bits per heavy atom. The van der Waals surface area contributed by atoms with Crippen molar-refractivity contribution in [3.8, 4) is 0 Å². The predicted octanol–water partition coefficient (Wildman–Crippen LogP) is 2.90. The second kappa shape index (κ2) is 7.94. The third kappa shape index (κ3) is 3.72. The summed E-state index contributed by atoms with van der Waals surface area (Å²) in [4.78, 5) is 40.4. The molecule has 0 unspecified atom stereocenters. The number of carbonyl (C=O) groups is 3. The van der Waals surface area contributed by atoms with Crippen LogP contribution in [0.2, 0.25) is 10.0 Å². The minimum absolute atomic E-state index is 0.0919. The Kier molecular flexibility index (Phi) is 5.85. The Morgan fingerprint density at radius 2 is 2.04 bits per heavy atom. The number of piperidine rings is 1. The summed E-state index contributed by atoms with van der Waals surface area (Å²) in [6.45, 7) is 3.21. The van der Waals surface area contributed by atoms with Crippen LogP contribution in [0.1, 0.15) is 26.2 Å². The van der Waals surface area contributed by atoms with Gasteiger partial charge in [-0.2, -0.15) is 0 Å². The average molecular weight is 399 g/mol. The van der Waals surface area contributed by atoms with Crippen molar-refractivity contribution in [1.29, 1.82) is 0 Å². The lowest BCUT2D eigenvalue weighted by Crippen LogP contribution is -2.48. The van der Waals surface area contributed by atoms with Crippen LogP contribution in [0.4, 0.5) is 5.69 Å². The van der Waals surface area contributed by atoms with Gasteiger partial charge in [0.15, 0.2) is 0 Å². The molecule has 2 saturated heterocycles. The zero-order chi connectivity index (χ0) is 18.8. The first kappa shape index (κ1) is 19.1. The molecular formula is C18H20Cl2N2O4. The Bertz CT molecular complexity index is 740. The lowest BCUT2D eigenvalue weighted by atomic mass is 9.96. The smallest absolute Gasteiger partial charge is 0.310 e. The first-order chi connectivity index (χ1) is 12.4. The summed E-state index contributed by atoms with van der Waals surface area (Å²) in [6, 6.07) is 4.11. The largest absolute Gasteiger partial charge is 0.466 e. The van der Waals surface area contributed by atoms with E-state index < -0.39 is 6.04 Å². The van der Waals surface area contributed by atoms with Gasteiger partial charge in [-0.15, -0.1) is 0 Å². The van der Waals surface area contributed by atoms with Crippen LogP contribution < -0.4 is 4.90 Å². The molecule has 6 nitrogen and oxygen atoms in total. The highest BCUT2D eigenvalue weighted by molar-refractivity contribution is 6.42. The molecule has 2 heterocycles. The van der Waals surface area contributed by atoms with Gasteiger partial charge in [0.25, 0.3) is 5.91 Å². The van der Waals surface area contributed by atoms with Gasteiger partial charge in [0.05, 0.1) is 40.7 Å². The van der Waals surface area contributed by atoms with Crippen molar-refractivity contribution >= 4 is 46.7 Å². The number of carbonyl (C=O) groups excluding carboxylic acids is 3. The molecule has 0 aromatic heterocycles. The number of amides is 2. The number of hydrogen-bond acceptors (Lipinski definition) is 5. The molecule has 0 saturated carbocycles. The number of hydrogen-bond donors (Lipinski definition) is 0. The van der Waals surface area contributed by atoms with Gasteiger partial charge in [0.1, 0.15) is 0 Å². The van der Waals surface area contributed by atoms with E-state index >= 15 is 0 Å². The summed E-state index contributed by atoms with van der Waals surface area (Å²) in [6.07, 6.45) is 1.61. The molecule has 2 atom stereocenters. The van der Waals surface area contributed by atoms with Gasteiger partial charge < -0.3 is 4.74 Å². The molecule has 3 rings (SSSR count). The number of ether oxygens (including phenoxy) is 1. The molecule has 1 aromatic rings. The standard InChI is InChI=1S/C18H20Cl2N2O4/c1-2-26-18(25)11-4-3-7-21(10-11)15-9-16(23)22(17(15)24)12-5-6-13(19)14(20)8-12/h5-6,8,11,15H,2-4,7,9-10H2,1H3/t11-,15+/m0/s1. The SMILES string of the molecule is CCOC(=O)[C@H]1CCCN([C@@H]2CC(=O)N(c3ccc(Cl)c(Cl)c3)C2=O)C1. The highest BCUT2D eigenvalue weighted by Crippen LogP contribution is 2.32. The average Bonchev–Trinajstić information content (AvgIpc) is 2.92. The summed E-state index contributed by atoms with van der Waals surface area (Å²) < 4.78 is 5.10. The third-order valence-electron chi connectivity index (χ3n) is 4.80. The molecule has 8 heteroatoms. The number of halogens is 2. The maximum absolute atomic E-state index is 12.9. The lowest BCUT2D eigenvalue weighted by Gasteiger charge is -2.34. The van der Waals surface area contributed by atoms with E-state index in [1.807, 2.05) is 4.90 Å². The zero-order valence-corrected chi connectivity index (χ0v) is 15.9. The number of likely N-dealkylation sites (tertiary alicyclic amines) is 1. The van der Waals surface area contributed by atoms with E-state index in [0.717, 1.165) is 17.7 Å². The molecule has 2 fully saturated rings. The van der Waals surface area contributed by atoms with Gasteiger partial charge in [-0.3, -0.25) is 19.3 Å². The molecular weight excluding hydrogens is 379 g/mol. The van der Waals surface area contributed by atoms with Gasteiger partial charge in [-0.05, 0) is 44.5 Å². The molecule has 0 bridgehead atoms. The lowest BCUT2D eigenvalue weighted by molar-refractivity contribution is -0.150. The molecule has 0 radical (unpaired) electrons. The van der Waals surface area contributed by atoms with Crippen molar-refractivity contribution < 1.29 is 19.1 Å². The normalized spacial score (nSPS) is 24.2. The molecule has 2 aliphatic heterocycles. The second-order valence-electron chi connectivity index (χ2n) is 6.47. The Morgan fingerprint density at radius 1 is 1.27 bits per heavy atom. The van der Waals surface area contributed by atoms with Crippen molar-refractivity contribution in [2.24, 2.45) is 5.92 Å². The quantitative estimate of drug-likeness (QED) is 0.576. The zero-order valence-electron chi connectivity index (χ0n) is 14.4. The summed E-state index contributed by atoms with van der Waals surface area (Å²) >= 11 is 11.9. The third-order valence-corrected chi connectivity index (χ3v) is 5.54. The van der Waals surface area contributed by atoms with Crippen LogP contribution in [0.25, 0.3) is 0 Å². The molecule has 2 aliphatic rings. The fourth-order valence-corrected chi connectivity index (χ4v) is 3.83. The van der Waals surface area contributed by atoms with Crippen LogP contribution in [-0.4, -0.2) is 48.4 Å². The Labute approximate surface area is 162 Å². The van der Waals surface area contributed by atoms with Gasteiger partial charge in [0, 0.05) is 6.54 Å². The van der Waals surface area contributed by atoms with E-state index in [-0.39, 0.29) is 35.1 Å². The van der Waals surface area contributed by atoms with Crippen molar-refractivity contribution in [1.82, 2.24) is 4.90 Å². The van der Waals surface area contributed by atoms with Crippen LogP contribution in [-0.2, 0) is 19.1 Å². The predicted molar refractivity (Wildman–Crippen MR) is 98.3 cm³/mol. The van der Waals surface area contributed by atoms with Crippen LogP contribution in [0.15, 0.2) is 18.2 Å². The molecule has 26 heavy (non-hydrogen) atoms. The Balaban J connectivity index is 1.75. The first-order valence-corrected chi connectivity index (χ1v) is 9.40. The van der Waals surface area contributed by atoms with Crippen molar-refractivity contribution in [2.75, 3.05) is 24.6 Å². The molecule has 1 aromatic carbocycles. The first-order valence-electron chi connectivity index (χ1n) is 8.65. The maximum Gasteiger partial charge on any atom is 0.310 e. The number of benzene rings is 1. The second-order valence-corrected chi connectivity index (χ2v) is 7.29. The Hall–Kier alpha value is -1.63. The van der Waals surface area contributed by atoms with Crippen LogP contribution in [0.5, 0.6) is 0 Å². The van der Waals surface area contributed by atoms with E-state index in [0.29, 0.717) is 30.4 Å². The van der Waals surface area contributed by atoms with E-state index in [2.05, 4.69) is 0 Å². The number of esters is 1. The van der Waals surface area contributed by atoms with Crippen LogP contribution >= 0.6 is 23.2 Å². The summed E-state index contributed by atoms with van der Waals surface area (Å²) in [5.41, 5.74) is 0.413. The van der Waals surface area contributed by atoms with E-state index in [1.165, 1.54) is 6.07 Å². The molecule has 0 N–H and O–H groups in total. The molecule has 2 amide bonds. The van der Waals surface area contributed by atoms with Gasteiger partial charge in [-0.1, -0.05) is 23.2 Å². The minimum atomic E-state index is -0.561. The number of anilines is 1. The molecule has 140 valence electrons. The van der Waals surface area contributed by atoms with Crippen LogP contribution in [0, 0.1) is 5.92 Å². The minimum Gasteiger partial charge on any atom is -0.466 e. The summed E-state index contributed by atoms with van der Waals surface area (Å²) in [7, 11) is 0. The highest BCUT2D eigenvalue weighted by Gasteiger charge is 2.44. The molecule has 0 spiro atoms. The number of nitrogens with zero attached hydrogens (tertiary/aromatic N) is 2. The van der Waals surface area contributed by atoms with E-state index in [1.54, 1.807) is 19.1 Å². The fourth-order valence-electron chi connectivity index (χ4n) is 3.54. The van der Waals surface area contributed by atoms with Crippen LogP contribution in [0.3, 0.4) is 0 Å². The van der Waals surface area contributed by atoms with Gasteiger partial charge in [-0.25, -0.2) is 4.90 Å². The number of imide groups is 1. The summed E-state index contributed by atoms with van der Waals surface area (Å²) in [5, 5.41) is 0.646. The van der Waals surface area contributed by atoms with Crippen molar-refractivity contribution in [3.05, 3.63) is 28.2 Å². The number of rotatable bonds is 4.